The van der Waals surface area contributed by atoms with Crippen molar-refractivity contribution in [2.45, 2.75) is 0 Å². The molecule has 0 aromatic carbocycles. The molecule has 0 radical (unpaired) electrons. The molecule has 0 aromatic heterocycles. The third kappa shape index (κ3) is 186. The van der Waals surface area contributed by atoms with E-state index in [1.54, 1.807) is 0 Å². The Hall–Kier alpha value is 1.23. The zero-order valence-electron chi connectivity index (χ0n) is 5.12. The van der Waals surface area contributed by atoms with Crippen molar-refractivity contribution in [1.29, 1.82) is 0 Å². The van der Waals surface area contributed by atoms with Crippen molar-refractivity contribution >= 4 is 19.0 Å². The molecule has 8 heteroatoms. The monoisotopic (exact) mass is 256 g/mol. The Morgan fingerprint density at radius 2 is 1.12 bits per heavy atom. The van der Waals surface area contributed by atoms with Gasteiger partial charge in [0.1, 0.15) is 0 Å². The van der Waals surface area contributed by atoms with Gasteiger partial charge in [-0.2, -0.15) is 0 Å². The Labute approximate surface area is 73.6 Å². The fraction of sp³-hybridized carbons (Fsp3) is 0. The summed E-state index contributed by atoms with van der Waals surface area (Å²) in [4.78, 5) is 0. The Balaban J connectivity index is -0.0000000133. The van der Waals surface area contributed by atoms with E-state index in [2.05, 4.69) is 0 Å². The number of rotatable bonds is 0. The zero-order chi connectivity index (χ0) is 4.50. The standard InChI is InChI=1S/Na.H2O4Te.2H2O.H/c;1-5(2,3)4;;;/h;(H2,1,2,3,4);2*1H2;/q+1;;;;-1. The molecule has 0 saturated heterocycles. The van der Waals surface area contributed by atoms with E-state index in [-0.39, 0.29) is 41.9 Å². The van der Waals surface area contributed by atoms with Crippen LogP contribution < -0.4 is 29.6 Å². The Kier molecular flexibility index (Phi) is 23.5. The Bertz CT molecular complexity index is 96.2. The Morgan fingerprint density at radius 3 is 1.12 bits per heavy atom. The summed E-state index contributed by atoms with van der Waals surface area (Å²) in [5.41, 5.74) is 0. The normalized spacial score (nSPS) is 7.25. The van der Waals surface area contributed by atoms with Crippen molar-refractivity contribution in [3.8, 4) is 0 Å². The maximum atomic E-state index is 8.85. The molecule has 50 valence electrons. The average Bonchev–Trinajstić information content (AvgIpc) is 0.722. The molecular formula is H7NaO6Te. The van der Waals surface area contributed by atoms with Crippen molar-refractivity contribution < 1.29 is 55.1 Å². The van der Waals surface area contributed by atoms with Gasteiger partial charge in [0.2, 0.25) is 0 Å². The van der Waals surface area contributed by atoms with E-state index in [1.807, 2.05) is 0 Å². The topological polar surface area (TPSA) is 138 Å². The fourth-order valence-electron chi connectivity index (χ4n) is 0. The van der Waals surface area contributed by atoms with Crippen LogP contribution in [0.3, 0.4) is 0 Å². The van der Waals surface area contributed by atoms with E-state index >= 15 is 0 Å². The quantitative estimate of drug-likeness (QED) is 0.415. The summed E-state index contributed by atoms with van der Waals surface area (Å²) in [6.45, 7) is 0. The molecule has 0 fully saturated rings. The molecule has 6 nitrogen and oxygen atoms in total. The van der Waals surface area contributed by atoms with Crippen LogP contribution >= 0.6 is 0 Å². The summed E-state index contributed by atoms with van der Waals surface area (Å²) >= 11 is -5.52. The van der Waals surface area contributed by atoms with Gasteiger partial charge < -0.3 is 12.4 Å². The minimum absolute atomic E-state index is 0. The van der Waals surface area contributed by atoms with E-state index in [4.69, 9.17) is 13.2 Å². The first-order valence-corrected chi connectivity index (χ1v) is 4.69. The van der Waals surface area contributed by atoms with E-state index in [1.165, 1.54) is 0 Å². The third-order valence-corrected chi connectivity index (χ3v) is 0. The minimum Gasteiger partial charge on any atom is -1.00 e. The molecule has 0 heterocycles. The van der Waals surface area contributed by atoms with Gasteiger partial charge >= 0.3 is 61.7 Å². The van der Waals surface area contributed by atoms with Crippen molar-refractivity contribution in [2.75, 3.05) is 0 Å². The summed E-state index contributed by atoms with van der Waals surface area (Å²) in [7, 11) is 0. The van der Waals surface area contributed by atoms with Crippen molar-refractivity contribution in [1.82, 2.24) is 0 Å². The zero-order valence-corrected chi connectivity index (χ0v) is 8.45. The fourth-order valence-corrected chi connectivity index (χ4v) is 0. The molecule has 0 aliphatic heterocycles. The van der Waals surface area contributed by atoms with Gasteiger partial charge in [0, 0.05) is 0 Å². The molecule has 0 bridgehead atoms. The van der Waals surface area contributed by atoms with Crippen LogP contribution in [-0.4, -0.2) is 36.9 Å². The molecule has 0 aromatic rings. The molecule has 0 spiro atoms. The maximum absolute atomic E-state index is 8.85. The summed E-state index contributed by atoms with van der Waals surface area (Å²) < 4.78 is 32.0. The predicted octanol–water partition coefficient (Wildman–Crippen LogP) is -6.27. The molecule has 0 saturated carbocycles. The van der Waals surface area contributed by atoms with Crippen molar-refractivity contribution in [3.05, 3.63) is 0 Å². The molecule has 6 N–H and O–H groups in total. The van der Waals surface area contributed by atoms with Gasteiger partial charge in [-0.1, -0.05) is 0 Å². The number of hydrogen-bond acceptors (Lipinski definition) is 2. The van der Waals surface area contributed by atoms with Crippen LogP contribution in [0.2, 0.25) is 0 Å². The van der Waals surface area contributed by atoms with E-state index in [9.17, 15) is 0 Å². The van der Waals surface area contributed by atoms with Crippen LogP contribution in [0.5, 0.6) is 0 Å². The first-order chi connectivity index (χ1) is 2.00. The van der Waals surface area contributed by atoms with Gasteiger partial charge in [-0.3, -0.25) is 0 Å². The van der Waals surface area contributed by atoms with Gasteiger partial charge in [-0.25, -0.2) is 0 Å². The summed E-state index contributed by atoms with van der Waals surface area (Å²) in [6, 6.07) is 0. The molecule has 0 rings (SSSR count). The van der Waals surface area contributed by atoms with Gasteiger partial charge in [-0.05, 0) is 0 Å². The first-order valence-electron chi connectivity index (χ1n) is 0.698. The van der Waals surface area contributed by atoms with Crippen LogP contribution in [-0.2, 0) is 6.21 Å². The van der Waals surface area contributed by atoms with Crippen LogP contribution in [0.15, 0.2) is 0 Å². The summed E-state index contributed by atoms with van der Waals surface area (Å²) in [5.74, 6) is 0. The van der Waals surface area contributed by atoms with Crippen LogP contribution in [0.1, 0.15) is 1.43 Å². The predicted molar refractivity (Wildman–Crippen MR) is 19.9 cm³/mol. The number of hydrogen-bond donors (Lipinski definition) is 2. The summed E-state index contributed by atoms with van der Waals surface area (Å²) in [6.07, 6.45) is 0. The molecular weight excluding hydrogens is 247 g/mol. The van der Waals surface area contributed by atoms with E-state index < -0.39 is 19.0 Å². The second kappa shape index (κ2) is 8.23. The average molecular weight is 254 g/mol. The van der Waals surface area contributed by atoms with Gasteiger partial charge in [0.15, 0.2) is 0 Å². The first kappa shape index (κ1) is 22.9. The smallest absolute Gasteiger partial charge is 1.00 e. The molecule has 0 unspecified atom stereocenters. The maximum Gasteiger partial charge on any atom is 1.00 e. The second-order valence-corrected chi connectivity index (χ2v) is 3.00. The van der Waals surface area contributed by atoms with Crippen molar-refractivity contribution in [2.24, 2.45) is 0 Å². The van der Waals surface area contributed by atoms with Gasteiger partial charge in [-0.15, -0.1) is 0 Å². The van der Waals surface area contributed by atoms with E-state index in [0.717, 1.165) is 0 Å². The van der Waals surface area contributed by atoms with Crippen LogP contribution in [0, 0.1) is 0 Å². The van der Waals surface area contributed by atoms with Crippen LogP contribution in [0.4, 0.5) is 0 Å². The van der Waals surface area contributed by atoms with Crippen molar-refractivity contribution in [3.63, 3.8) is 0 Å². The molecule has 0 amide bonds. The molecule has 0 aliphatic rings. The molecule has 8 heavy (non-hydrogen) atoms. The largest absolute Gasteiger partial charge is 1.00 e. The third-order valence-electron chi connectivity index (χ3n) is 0. The van der Waals surface area contributed by atoms with Gasteiger partial charge in [0.25, 0.3) is 0 Å². The summed E-state index contributed by atoms with van der Waals surface area (Å²) in [5, 5.41) is 0. The molecule has 0 atom stereocenters. The van der Waals surface area contributed by atoms with Gasteiger partial charge in [0.05, 0.1) is 0 Å². The molecule has 0 aliphatic carbocycles. The Morgan fingerprint density at radius 1 is 1.12 bits per heavy atom. The van der Waals surface area contributed by atoms with Crippen LogP contribution in [0.25, 0.3) is 0 Å². The SMILES string of the molecule is O.O.O=[Te](=O)(O)O.[H-].[Na+]. The second-order valence-electron chi connectivity index (χ2n) is 0.448. The minimum atomic E-state index is -5.52. The van der Waals surface area contributed by atoms with E-state index in [0.29, 0.717) is 0 Å².